The average Bonchev–Trinajstić information content (AvgIpc) is 3.11. The third-order valence-electron chi connectivity index (χ3n) is 3.41. The molecule has 1 aliphatic rings. The van der Waals surface area contributed by atoms with Gasteiger partial charge in [-0.2, -0.15) is 5.10 Å². The molecular formula is C15H16ClN3O3. The van der Waals surface area contributed by atoms with Crippen LogP contribution >= 0.6 is 11.6 Å². The van der Waals surface area contributed by atoms with E-state index in [1.807, 2.05) is 6.07 Å². The molecule has 7 heteroatoms. The molecule has 1 aromatic heterocycles. The smallest absolute Gasteiger partial charge is 0.265 e. The van der Waals surface area contributed by atoms with Gasteiger partial charge in [0.05, 0.1) is 25.0 Å². The van der Waals surface area contributed by atoms with E-state index in [9.17, 15) is 4.79 Å². The van der Waals surface area contributed by atoms with Gasteiger partial charge in [-0.15, -0.1) is 0 Å². The van der Waals surface area contributed by atoms with Crippen LogP contribution in [-0.4, -0.2) is 35.5 Å². The van der Waals surface area contributed by atoms with E-state index in [1.54, 1.807) is 36.3 Å². The lowest BCUT2D eigenvalue weighted by molar-refractivity contribution is -0.122. The average molecular weight is 322 g/mol. The Bertz CT molecular complexity index is 686. The number of fused-ring (bicyclic) bond motifs is 1. The highest BCUT2D eigenvalue weighted by atomic mass is 35.5. The van der Waals surface area contributed by atoms with Crippen LogP contribution in [-0.2, 0) is 22.5 Å². The number of hydrogen-bond donors (Lipinski definition) is 1. The first-order valence-corrected chi connectivity index (χ1v) is 7.31. The van der Waals surface area contributed by atoms with Crippen molar-refractivity contribution in [3.05, 3.63) is 41.2 Å². The van der Waals surface area contributed by atoms with E-state index in [0.29, 0.717) is 36.0 Å². The van der Waals surface area contributed by atoms with Crippen molar-refractivity contribution in [3.8, 4) is 5.75 Å². The van der Waals surface area contributed by atoms with E-state index in [2.05, 4.69) is 10.4 Å². The number of aromatic nitrogens is 2. The van der Waals surface area contributed by atoms with Gasteiger partial charge in [-0.1, -0.05) is 11.6 Å². The number of halogens is 1. The molecule has 0 radical (unpaired) electrons. The molecule has 1 aliphatic heterocycles. The van der Waals surface area contributed by atoms with Crippen LogP contribution < -0.4 is 10.1 Å². The highest BCUT2D eigenvalue weighted by Gasteiger charge is 2.29. The maximum Gasteiger partial charge on any atom is 0.265 e. The van der Waals surface area contributed by atoms with E-state index >= 15 is 0 Å². The first-order chi connectivity index (χ1) is 10.7. The molecule has 2 aromatic rings. The molecule has 6 nitrogen and oxygen atoms in total. The Kier molecular flexibility index (Phi) is 4.31. The SMILES string of the molecule is COCCn1cc(NC(=O)[C@@H]2Cc3cc(Cl)ccc3O2)cn1. The van der Waals surface area contributed by atoms with Crippen LogP contribution in [0.5, 0.6) is 5.75 Å². The largest absolute Gasteiger partial charge is 0.480 e. The number of nitrogens with one attached hydrogen (secondary N) is 1. The van der Waals surface area contributed by atoms with E-state index in [0.717, 1.165) is 5.56 Å². The standard InChI is InChI=1S/C15H16ClN3O3/c1-21-5-4-19-9-12(8-17-19)18-15(20)14-7-10-6-11(16)2-3-13(10)22-14/h2-3,6,8-9,14H,4-5,7H2,1H3,(H,18,20)/t14-/m0/s1. The molecule has 0 fully saturated rings. The number of hydrogen-bond acceptors (Lipinski definition) is 4. The molecule has 1 aromatic carbocycles. The zero-order chi connectivity index (χ0) is 15.5. The van der Waals surface area contributed by atoms with Gasteiger partial charge in [0.15, 0.2) is 6.10 Å². The van der Waals surface area contributed by atoms with Gasteiger partial charge in [-0.25, -0.2) is 0 Å². The van der Waals surface area contributed by atoms with Gasteiger partial charge in [0.25, 0.3) is 5.91 Å². The predicted octanol–water partition coefficient (Wildman–Crippen LogP) is 2.13. The van der Waals surface area contributed by atoms with Crippen LogP contribution in [0.3, 0.4) is 0 Å². The lowest BCUT2D eigenvalue weighted by Gasteiger charge is -2.09. The highest BCUT2D eigenvalue weighted by molar-refractivity contribution is 6.30. The Labute approximate surface area is 133 Å². The molecule has 1 amide bonds. The minimum Gasteiger partial charge on any atom is -0.480 e. The van der Waals surface area contributed by atoms with E-state index < -0.39 is 6.10 Å². The van der Waals surface area contributed by atoms with Crippen molar-refractivity contribution in [2.24, 2.45) is 0 Å². The highest BCUT2D eigenvalue weighted by Crippen LogP contribution is 2.31. The summed E-state index contributed by atoms with van der Waals surface area (Å²) in [7, 11) is 1.63. The van der Waals surface area contributed by atoms with Crippen LogP contribution in [0.15, 0.2) is 30.6 Å². The molecule has 3 rings (SSSR count). The molecule has 22 heavy (non-hydrogen) atoms. The number of ether oxygens (including phenoxy) is 2. The second-order valence-electron chi connectivity index (χ2n) is 5.04. The van der Waals surface area contributed by atoms with E-state index in [1.165, 1.54) is 0 Å². The van der Waals surface area contributed by atoms with Crippen LogP contribution in [0, 0.1) is 0 Å². The summed E-state index contributed by atoms with van der Waals surface area (Å²) in [6, 6.07) is 5.36. The first-order valence-electron chi connectivity index (χ1n) is 6.93. The lowest BCUT2D eigenvalue weighted by Crippen LogP contribution is -2.31. The molecule has 0 aliphatic carbocycles. The van der Waals surface area contributed by atoms with Gasteiger partial charge in [-0.05, 0) is 23.8 Å². The molecule has 0 saturated heterocycles. The molecule has 0 saturated carbocycles. The number of methoxy groups -OCH3 is 1. The van der Waals surface area contributed by atoms with E-state index in [4.69, 9.17) is 21.1 Å². The van der Waals surface area contributed by atoms with Crippen molar-refractivity contribution in [1.29, 1.82) is 0 Å². The molecule has 2 heterocycles. The number of carbonyl (C=O) groups is 1. The van der Waals surface area contributed by atoms with Gasteiger partial charge >= 0.3 is 0 Å². The fourth-order valence-electron chi connectivity index (χ4n) is 2.32. The zero-order valence-electron chi connectivity index (χ0n) is 12.1. The quantitative estimate of drug-likeness (QED) is 0.916. The molecule has 1 N–H and O–H groups in total. The minimum absolute atomic E-state index is 0.196. The van der Waals surface area contributed by atoms with Crippen molar-refractivity contribution in [1.82, 2.24) is 9.78 Å². The fraction of sp³-hybridized carbons (Fsp3) is 0.333. The van der Waals surface area contributed by atoms with Gasteiger partial charge in [0, 0.05) is 24.8 Å². The number of amides is 1. The van der Waals surface area contributed by atoms with Crippen LogP contribution in [0.2, 0.25) is 5.02 Å². The van der Waals surface area contributed by atoms with Gasteiger partial charge in [0.1, 0.15) is 5.75 Å². The summed E-state index contributed by atoms with van der Waals surface area (Å²) in [4.78, 5) is 12.3. The number of carbonyl (C=O) groups excluding carboxylic acids is 1. The second-order valence-corrected chi connectivity index (χ2v) is 5.47. The Hall–Kier alpha value is -2.05. The Morgan fingerprint density at radius 2 is 2.45 bits per heavy atom. The Morgan fingerprint density at radius 1 is 1.59 bits per heavy atom. The van der Waals surface area contributed by atoms with Gasteiger partial charge < -0.3 is 14.8 Å². The molecule has 0 spiro atoms. The third-order valence-corrected chi connectivity index (χ3v) is 3.65. The summed E-state index contributed by atoms with van der Waals surface area (Å²) < 4.78 is 12.3. The summed E-state index contributed by atoms with van der Waals surface area (Å²) in [5.74, 6) is 0.513. The van der Waals surface area contributed by atoms with Crippen molar-refractivity contribution < 1.29 is 14.3 Å². The van der Waals surface area contributed by atoms with Crippen LogP contribution in [0.1, 0.15) is 5.56 Å². The lowest BCUT2D eigenvalue weighted by atomic mass is 10.1. The van der Waals surface area contributed by atoms with Crippen molar-refractivity contribution in [2.45, 2.75) is 19.1 Å². The summed E-state index contributed by atoms with van der Waals surface area (Å²) in [5.41, 5.74) is 1.59. The number of anilines is 1. The normalized spacial score (nSPS) is 16.2. The number of nitrogens with zero attached hydrogens (tertiary/aromatic N) is 2. The molecule has 1 atom stereocenters. The maximum absolute atomic E-state index is 12.3. The monoisotopic (exact) mass is 321 g/mol. The first kappa shape index (κ1) is 14.9. The summed E-state index contributed by atoms with van der Waals surface area (Å²) in [6.45, 7) is 1.20. The summed E-state index contributed by atoms with van der Waals surface area (Å²) in [5, 5.41) is 7.60. The van der Waals surface area contributed by atoms with Crippen molar-refractivity contribution >= 4 is 23.2 Å². The van der Waals surface area contributed by atoms with Gasteiger partial charge in [-0.3, -0.25) is 9.48 Å². The molecular weight excluding hydrogens is 306 g/mol. The Morgan fingerprint density at radius 3 is 3.27 bits per heavy atom. The number of rotatable bonds is 5. The molecule has 116 valence electrons. The summed E-state index contributed by atoms with van der Waals surface area (Å²) >= 11 is 5.95. The van der Waals surface area contributed by atoms with E-state index in [-0.39, 0.29) is 5.91 Å². The maximum atomic E-state index is 12.3. The van der Waals surface area contributed by atoms with Crippen molar-refractivity contribution in [3.63, 3.8) is 0 Å². The van der Waals surface area contributed by atoms with Crippen LogP contribution in [0.25, 0.3) is 0 Å². The summed E-state index contributed by atoms with van der Waals surface area (Å²) in [6.07, 6.45) is 3.33. The second kappa shape index (κ2) is 6.37. The van der Waals surface area contributed by atoms with Gasteiger partial charge in [0.2, 0.25) is 0 Å². The van der Waals surface area contributed by atoms with Crippen molar-refractivity contribution in [2.75, 3.05) is 19.0 Å². The predicted molar refractivity (Wildman–Crippen MR) is 82.3 cm³/mol. The molecule has 0 bridgehead atoms. The number of benzene rings is 1. The zero-order valence-corrected chi connectivity index (χ0v) is 12.8. The Balaban J connectivity index is 1.60. The minimum atomic E-state index is -0.546. The molecule has 0 unspecified atom stereocenters. The van der Waals surface area contributed by atoms with Crippen LogP contribution in [0.4, 0.5) is 5.69 Å². The topological polar surface area (TPSA) is 65.4 Å². The third kappa shape index (κ3) is 3.23. The fourth-order valence-corrected chi connectivity index (χ4v) is 2.52.